The number of nitrogens with zero attached hydrogens (tertiary/aromatic N) is 3. The van der Waals surface area contributed by atoms with Gasteiger partial charge < -0.3 is 14.7 Å². The molecular formula is C19H16N4O2. The summed E-state index contributed by atoms with van der Waals surface area (Å²) >= 11 is 0. The van der Waals surface area contributed by atoms with E-state index in [0.717, 1.165) is 11.0 Å². The van der Waals surface area contributed by atoms with E-state index in [1.54, 1.807) is 29.4 Å². The predicted octanol–water partition coefficient (Wildman–Crippen LogP) is 3.52. The third kappa shape index (κ3) is 2.74. The Labute approximate surface area is 144 Å². The third-order valence-electron chi connectivity index (χ3n) is 4.03. The van der Waals surface area contributed by atoms with Crippen molar-refractivity contribution in [1.82, 2.24) is 9.55 Å². The number of para-hydroxylation sites is 4. The second kappa shape index (κ2) is 6.16. The minimum absolute atomic E-state index is 0.257. The van der Waals surface area contributed by atoms with Crippen LogP contribution in [0.15, 0.2) is 77.7 Å². The molecule has 1 amide bonds. The molecule has 0 radical (unpaired) electrons. The Morgan fingerprint density at radius 2 is 1.88 bits per heavy atom. The average Bonchev–Trinajstić information content (AvgIpc) is 3.30. The summed E-state index contributed by atoms with van der Waals surface area (Å²) in [5.74, 6) is -0.00615. The molecule has 4 rings (SSSR count). The van der Waals surface area contributed by atoms with Crippen LogP contribution in [0.25, 0.3) is 11.0 Å². The summed E-state index contributed by atoms with van der Waals surface area (Å²) in [5, 5.41) is 0. The highest BCUT2D eigenvalue weighted by atomic mass is 16.3. The van der Waals surface area contributed by atoms with E-state index in [1.807, 2.05) is 47.0 Å². The number of imidazole rings is 1. The smallest absolute Gasteiger partial charge is 0.295 e. The maximum atomic E-state index is 13.0. The summed E-state index contributed by atoms with van der Waals surface area (Å²) in [6.45, 7) is 0.272. The van der Waals surface area contributed by atoms with E-state index in [-0.39, 0.29) is 18.3 Å². The summed E-state index contributed by atoms with van der Waals surface area (Å²) in [6.07, 6.45) is 3.19. The summed E-state index contributed by atoms with van der Waals surface area (Å²) in [5.41, 5.74) is 9.06. The van der Waals surface area contributed by atoms with Gasteiger partial charge in [0.1, 0.15) is 6.67 Å². The number of carbonyl (C=O) groups excluding carboxylic acids is 1. The second-order valence-corrected chi connectivity index (χ2v) is 5.61. The van der Waals surface area contributed by atoms with Gasteiger partial charge in [-0.3, -0.25) is 9.69 Å². The molecule has 2 aromatic carbocycles. The van der Waals surface area contributed by atoms with E-state index in [9.17, 15) is 4.79 Å². The number of carbonyl (C=O) groups is 1. The number of furan rings is 1. The number of anilines is 2. The van der Waals surface area contributed by atoms with E-state index in [2.05, 4.69) is 4.98 Å². The molecule has 6 nitrogen and oxygen atoms in total. The predicted molar refractivity (Wildman–Crippen MR) is 96.1 cm³/mol. The van der Waals surface area contributed by atoms with Crippen molar-refractivity contribution in [1.29, 1.82) is 0 Å². The Morgan fingerprint density at radius 1 is 1.08 bits per heavy atom. The molecule has 0 aliphatic carbocycles. The normalized spacial score (nSPS) is 10.9. The molecule has 0 atom stereocenters. The monoisotopic (exact) mass is 332 g/mol. The molecule has 0 unspecified atom stereocenters. The zero-order valence-electron chi connectivity index (χ0n) is 13.4. The maximum Gasteiger partial charge on any atom is 0.295 e. The Morgan fingerprint density at radius 3 is 2.68 bits per heavy atom. The highest BCUT2D eigenvalue weighted by molar-refractivity contribution is 6.05. The largest absolute Gasteiger partial charge is 0.459 e. The van der Waals surface area contributed by atoms with Crippen molar-refractivity contribution in [2.45, 2.75) is 6.67 Å². The molecule has 6 heteroatoms. The zero-order valence-corrected chi connectivity index (χ0v) is 13.4. The third-order valence-corrected chi connectivity index (χ3v) is 4.03. The van der Waals surface area contributed by atoms with E-state index in [4.69, 9.17) is 10.2 Å². The van der Waals surface area contributed by atoms with E-state index < -0.39 is 0 Å². The van der Waals surface area contributed by atoms with Gasteiger partial charge in [-0.1, -0.05) is 24.3 Å². The molecular weight excluding hydrogens is 316 g/mol. The van der Waals surface area contributed by atoms with Crippen molar-refractivity contribution in [2.24, 2.45) is 0 Å². The molecule has 0 bridgehead atoms. The fourth-order valence-corrected chi connectivity index (χ4v) is 2.79. The number of benzene rings is 2. The summed E-state index contributed by atoms with van der Waals surface area (Å²) in [7, 11) is 0. The fourth-order valence-electron chi connectivity index (χ4n) is 2.79. The molecule has 124 valence electrons. The lowest BCUT2D eigenvalue weighted by Gasteiger charge is -2.24. The van der Waals surface area contributed by atoms with Crippen LogP contribution in [0.2, 0.25) is 0 Å². The van der Waals surface area contributed by atoms with Crippen LogP contribution in [-0.4, -0.2) is 15.5 Å². The van der Waals surface area contributed by atoms with Gasteiger partial charge in [0, 0.05) is 0 Å². The van der Waals surface area contributed by atoms with Crippen molar-refractivity contribution in [3.05, 3.63) is 79.0 Å². The van der Waals surface area contributed by atoms with Crippen LogP contribution in [0, 0.1) is 0 Å². The van der Waals surface area contributed by atoms with Crippen molar-refractivity contribution in [3.8, 4) is 0 Å². The highest BCUT2D eigenvalue weighted by Gasteiger charge is 2.22. The van der Waals surface area contributed by atoms with Gasteiger partial charge in [-0.2, -0.15) is 0 Å². The molecule has 0 saturated carbocycles. The first-order chi connectivity index (χ1) is 12.2. The number of aromatic nitrogens is 2. The molecule has 0 fully saturated rings. The summed E-state index contributed by atoms with van der Waals surface area (Å²) in [6, 6.07) is 18.4. The SMILES string of the molecule is Nc1ccccc1N(Cn1cnc2ccccc21)C(=O)c1ccco1. The van der Waals surface area contributed by atoms with Gasteiger partial charge in [-0.15, -0.1) is 0 Å². The Hall–Kier alpha value is -3.54. The Bertz CT molecular complexity index is 1020. The number of rotatable bonds is 4. The van der Waals surface area contributed by atoms with E-state index in [1.165, 1.54) is 6.26 Å². The first-order valence-corrected chi connectivity index (χ1v) is 7.84. The molecule has 0 saturated heterocycles. The minimum Gasteiger partial charge on any atom is -0.459 e. The van der Waals surface area contributed by atoms with Crippen LogP contribution in [0.3, 0.4) is 0 Å². The number of hydrogen-bond donors (Lipinski definition) is 1. The molecule has 2 N–H and O–H groups in total. The lowest BCUT2D eigenvalue weighted by molar-refractivity contribution is 0.0953. The standard InChI is InChI=1S/C19H16N4O2/c20-14-6-1-3-8-16(14)23(19(24)18-10-5-11-25-18)13-22-12-21-15-7-2-4-9-17(15)22/h1-12H,13,20H2. The van der Waals surface area contributed by atoms with Crippen molar-refractivity contribution in [3.63, 3.8) is 0 Å². The van der Waals surface area contributed by atoms with Crippen LogP contribution in [-0.2, 0) is 6.67 Å². The Balaban J connectivity index is 1.78. The molecule has 25 heavy (non-hydrogen) atoms. The molecule has 2 aromatic heterocycles. The zero-order chi connectivity index (χ0) is 17.2. The molecule has 0 spiro atoms. The van der Waals surface area contributed by atoms with Gasteiger partial charge >= 0.3 is 0 Å². The van der Waals surface area contributed by atoms with Gasteiger partial charge in [-0.05, 0) is 36.4 Å². The number of nitrogen functional groups attached to an aromatic ring is 1. The van der Waals surface area contributed by atoms with Crippen LogP contribution < -0.4 is 10.6 Å². The van der Waals surface area contributed by atoms with Gasteiger partial charge in [0.05, 0.1) is 35.0 Å². The number of nitrogens with two attached hydrogens (primary N) is 1. The van der Waals surface area contributed by atoms with Crippen molar-refractivity contribution >= 4 is 28.3 Å². The molecule has 4 aromatic rings. The lowest BCUT2D eigenvalue weighted by Crippen LogP contribution is -2.33. The molecule has 2 heterocycles. The Kier molecular flexibility index (Phi) is 3.70. The average molecular weight is 332 g/mol. The second-order valence-electron chi connectivity index (χ2n) is 5.61. The maximum absolute atomic E-state index is 13.0. The number of amides is 1. The topological polar surface area (TPSA) is 77.3 Å². The summed E-state index contributed by atoms with van der Waals surface area (Å²) < 4.78 is 7.19. The van der Waals surface area contributed by atoms with E-state index in [0.29, 0.717) is 11.4 Å². The van der Waals surface area contributed by atoms with Gasteiger partial charge in [0.25, 0.3) is 5.91 Å². The summed E-state index contributed by atoms with van der Waals surface area (Å²) in [4.78, 5) is 18.9. The van der Waals surface area contributed by atoms with E-state index >= 15 is 0 Å². The first-order valence-electron chi connectivity index (χ1n) is 7.84. The van der Waals surface area contributed by atoms with Gasteiger partial charge in [0.2, 0.25) is 0 Å². The molecule has 0 aliphatic heterocycles. The number of hydrogen-bond acceptors (Lipinski definition) is 4. The quantitative estimate of drug-likeness (QED) is 0.580. The minimum atomic E-state index is -0.263. The van der Waals surface area contributed by atoms with Gasteiger partial charge in [-0.25, -0.2) is 4.98 Å². The first kappa shape index (κ1) is 15.0. The van der Waals surface area contributed by atoms with Crippen LogP contribution in [0.1, 0.15) is 10.6 Å². The van der Waals surface area contributed by atoms with Crippen molar-refractivity contribution < 1.29 is 9.21 Å². The lowest BCUT2D eigenvalue weighted by atomic mass is 10.2. The fraction of sp³-hybridized carbons (Fsp3) is 0.0526. The van der Waals surface area contributed by atoms with Crippen molar-refractivity contribution in [2.75, 3.05) is 10.6 Å². The van der Waals surface area contributed by atoms with Crippen LogP contribution >= 0.6 is 0 Å². The van der Waals surface area contributed by atoms with Crippen LogP contribution in [0.4, 0.5) is 11.4 Å². The highest BCUT2D eigenvalue weighted by Crippen LogP contribution is 2.26. The van der Waals surface area contributed by atoms with Crippen LogP contribution in [0.5, 0.6) is 0 Å². The molecule has 0 aliphatic rings. The van der Waals surface area contributed by atoms with Gasteiger partial charge in [0.15, 0.2) is 5.76 Å². The number of fused-ring (bicyclic) bond motifs is 1.